The molecule has 0 radical (unpaired) electrons. The second-order valence-electron chi connectivity index (χ2n) is 11.5. The van der Waals surface area contributed by atoms with E-state index in [1.807, 2.05) is 0 Å². The fourth-order valence-electron chi connectivity index (χ4n) is 7.19. The van der Waals surface area contributed by atoms with Crippen LogP contribution in [0.25, 0.3) is 5.57 Å². The first-order chi connectivity index (χ1) is 16.8. The van der Waals surface area contributed by atoms with Crippen molar-refractivity contribution in [2.75, 3.05) is 33.1 Å². The Bertz CT molecular complexity index is 1380. The van der Waals surface area contributed by atoms with E-state index >= 15 is 0 Å². The van der Waals surface area contributed by atoms with Gasteiger partial charge in [-0.15, -0.1) is 0 Å². The van der Waals surface area contributed by atoms with Crippen LogP contribution in [-0.4, -0.2) is 46.6 Å². The molecule has 6 rings (SSSR count). The molecule has 1 fully saturated rings. The van der Waals surface area contributed by atoms with Gasteiger partial charge in [-0.25, -0.2) is 4.58 Å². The van der Waals surface area contributed by atoms with Crippen LogP contribution in [0.4, 0.5) is 5.69 Å². The van der Waals surface area contributed by atoms with Crippen LogP contribution in [0, 0.1) is 18.8 Å². The number of anilines is 1. The van der Waals surface area contributed by atoms with Crippen molar-refractivity contribution < 1.29 is 4.58 Å². The summed E-state index contributed by atoms with van der Waals surface area (Å²) in [5.74, 6) is 1.50. The van der Waals surface area contributed by atoms with Crippen molar-refractivity contribution in [2.45, 2.75) is 31.9 Å². The van der Waals surface area contributed by atoms with E-state index in [-0.39, 0.29) is 0 Å². The third kappa shape index (κ3) is 3.31. The van der Waals surface area contributed by atoms with Crippen LogP contribution in [0.1, 0.15) is 29.5 Å². The van der Waals surface area contributed by atoms with Gasteiger partial charge in [-0.3, -0.25) is 0 Å². The number of nitrogens with zero attached hydrogens (tertiary/aromatic N) is 2. The summed E-state index contributed by atoms with van der Waals surface area (Å²) in [4.78, 5) is 2.27. The minimum absolute atomic E-state index is 0.725. The molecular formula is C32H37N2Si+. The maximum Gasteiger partial charge on any atom is 0.199 e. The minimum Gasteiger partial charge on any atom is -0.378 e. The molecule has 0 saturated heterocycles. The lowest BCUT2D eigenvalue weighted by molar-refractivity contribution is -0.462. The molecule has 0 aromatic heterocycles. The van der Waals surface area contributed by atoms with Crippen molar-refractivity contribution in [3.63, 3.8) is 0 Å². The average molecular weight is 478 g/mol. The molecule has 1 aliphatic heterocycles. The first-order valence-electron chi connectivity index (χ1n) is 13.0. The van der Waals surface area contributed by atoms with E-state index in [4.69, 9.17) is 0 Å². The number of benzene rings is 2. The van der Waals surface area contributed by atoms with Crippen LogP contribution in [0.5, 0.6) is 0 Å². The van der Waals surface area contributed by atoms with Gasteiger partial charge in [-0.05, 0) is 93.6 Å². The summed E-state index contributed by atoms with van der Waals surface area (Å²) in [6.45, 7) is 4.95. The summed E-state index contributed by atoms with van der Waals surface area (Å²) < 4.78 is 2.27. The van der Waals surface area contributed by atoms with Crippen molar-refractivity contribution >= 4 is 30.2 Å². The highest BCUT2D eigenvalue weighted by Crippen LogP contribution is 2.56. The molecule has 35 heavy (non-hydrogen) atoms. The molecule has 2 aromatic carbocycles. The first kappa shape index (κ1) is 22.5. The summed E-state index contributed by atoms with van der Waals surface area (Å²) in [6.07, 6.45) is 15.1. The maximum absolute atomic E-state index is 2.69. The Labute approximate surface area is 211 Å². The number of hydrogen-bond acceptors (Lipinski definition) is 1. The lowest BCUT2D eigenvalue weighted by Crippen LogP contribution is -2.56. The van der Waals surface area contributed by atoms with Crippen molar-refractivity contribution in [3.05, 3.63) is 100 Å². The molecule has 2 aromatic rings. The van der Waals surface area contributed by atoms with Crippen LogP contribution in [0.3, 0.4) is 0 Å². The van der Waals surface area contributed by atoms with Gasteiger partial charge in [0.15, 0.2) is 5.71 Å². The summed E-state index contributed by atoms with van der Waals surface area (Å²) in [5, 5.41) is 3.27. The Hall–Kier alpha value is -2.91. The van der Waals surface area contributed by atoms with Gasteiger partial charge in [0.25, 0.3) is 0 Å². The Morgan fingerprint density at radius 2 is 1.74 bits per heavy atom. The first-order valence-corrected chi connectivity index (χ1v) is 15.6. The molecule has 4 unspecified atom stereocenters. The van der Waals surface area contributed by atoms with Crippen molar-refractivity contribution in [3.8, 4) is 0 Å². The monoisotopic (exact) mass is 477 g/mol. The number of rotatable bonds is 3. The Morgan fingerprint density at radius 1 is 0.943 bits per heavy atom. The van der Waals surface area contributed by atoms with Crippen molar-refractivity contribution in [1.29, 1.82) is 0 Å². The zero-order valence-corrected chi connectivity index (χ0v) is 23.0. The van der Waals surface area contributed by atoms with Gasteiger partial charge in [-0.1, -0.05) is 49.0 Å². The van der Waals surface area contributed by atoms with E-state index < -0.39 is 8.07 Å². The molecule has 1 heterocycles. The molecule has 4 aliphatic rings. The molecule has 178 valence electrons. The van der Waals surface area contributed by atoms with Gasteiger partial charge in [0.2, 0.25) is 0 Å². The van der Waals surface area contributed by atoms with Crippen LogP contribution in [-0.2, 0) is 0 Å². The standard InChI is InChI=1S/C32H37N2Si/c1-21-9-7-8-10-26(21)32-27-15-13-24(33(2)3)19-30(27)35(6,29-18-22-11-12-23(29)17-22)31-20-25(34(4)5)14-16-28(31)32/h7-16,19-20,22-23,29H,17-18H2,1-6H3/q+1. The van der Waals surface area contributed by atoms with E-state index in [1.165, 1.54) is 52.1 Å². The summed E-state index contributed by atoms with van der Waals surface area (Å²) in [6, 6.07) is 16.3. The molecule has 2 nitrogen and oxygen atoms in total. The second kappa shape index (κ2) is 8.06. The predicted molar refractivity (Wildman–Crippen MR) is 153 cm³/mol. The molecule has 0 spiro atoms. The average Bonchev–Trinajstić information content (AvgIpc) is 3.49. The Balaban J connectivity index is 1.71. The molecule has 0 N–H and O–H groups in total. The SMILES string of the molecule is Cc1ccccc1C1=C2C=CC(=[N+](C)C)C=C2[Si](C)(C2CC3C=CC2C3)c2cc(N(C)C)ccc21. The topological polar surface area (TPSA) is 6.25 Å². The van der Waals surface area contributed by atoms with E-state index in [0.717, 1.165) is 17.4 Å². The highest BCUT2D eigenvalue weighted by Gasteiger charge is 2.54. The van der Waals surface area contributed by atoms with Gasteiger partial charge in [0.05, 0.1) is 0 Å². The van der Waals surface area contributed by atoms with Crippen molar-refractivity contribution in [1.82, 2.24) is 0 Å². The molecule has 1 saturated carbocycles. The third-order valence-electron chi connectivity index (χ3n) is 9.13. The summed E-state index contributed by atoms with van der Waals surface area (Å²) in [5.41, 5.74) is 10.5. The molecule has 0 amide bonds. The van der Waals surface area contributed by atoms with E-state index in [9.17, 15) is 0 Å². The Morgan fingerprint density at radius 3 is 2.40 bits per heavy atom. The molecule has 2 bridgehead atoms. The van der Waals surface area contributed by atoms with Gasteiger partial charge in [0.1, 0.15) is 22.2 Å². The number of allylic oxidation sites excluding steroid dienone is 7. The highest BCUT2D eigenvalue weighted by molar-refractivity contribution is 7.00. The fourth-order valence-corrected chi connectivity index (χ4v) is 12.6. The quantitative estimate of drug-likeness (QED) is 0.304. The predicted octanol–water partition coefficient (Wildman–Crippen LogP) is 5.88. The third-order valence-corrected chi connectivity index (χ3v) is 14.3. The zero-order chi connectivity index (χ0) is 24.5. The van der Waals surface area contributed by atoms with E-state index in [2.05, 4.69) is 124 Å². The smallest absolute Gasteiger partial charge is 0.199 e. The maximum atomic E-state index is 2.69. The Kier molecular flexibility index (Phi) is 5.19. The van der Waals surface area contributed by atoms with E-state index in [1.54, 1.807) is 10.4 Å². The normalized spacial score (nSPS) is 28.2. The number of fused-ring (bicyclic) bond motifs is 4. The van der Waals surface area contributed by atoms with E-state index in [0.29, 0.717) is 0 Å². The molecule has 4 atom stereocenters. The van der Waals surface area contributed by atoms with Gasteiger partial charge >= 0.3 is 0 Å². The lowest BCUT2D eigenvalue weighted by Gasteiger charge is -2.46. The molecular weight excluding hydrogens is 440 g/mol. The number of aryl methyl sites for hydroxylation is 1. The van der Waals surface area contributed by atoms with Gasteiger partial charge in [-0.2, -0.15) is 0 Å². The summed E-state index contributed by atoms with van der Waals surface area (Å²) >= 11 is 0. The summed E-state index contributed by atoms with van der Waals surface area (Å²) in [7, 11) is 6.63. The van der Waals surface area contributed by atoms with Crippen molar-refractivity contribution in [2.24, 2.45) is 11.8 Å². The van der Waals surface area contributed by atoms with Crippen LogP contribution in [0.15, 0.2) is 83.6 Å². The van der Waals surface area contributed by atoms with Crippen LogP contribution in [0.2, 0.25) is 12.1 Å². The highest BCUT2D eigenvalue weighted by atomic mass is 28.3. The van der Waals surface area contributed by atoms with Gasteiger partial charge in [0, 0.05) is 31.9 Å². The molecule has 3 heteroatoms. The van der Waals surface area contributed by atoms with Crippen LogP contribution >= 0.6 is 0 Å². The zero-order valence-electron chi connectivity index (χ0n) is 22.0. The largest absolute Gasteiger partial charge is 0.378 e. The van der Waals surface area contributed by atoms with Gasteiger partial charge < -0.3 is 4.90 Å². The number of hydrogen-bond donors (Lipinski definition) is 0. The second-order valence-corrected chi connectivity index (χ2v) is 15.8. The minimum atomic E-state index is -2.07. The fraction of sp³-hybridized carbons (Fsp3) is 0.344. The van der Waals surface area contributed by atoms with Crippen LogP contribution < -0.4 is 10.1 Å². The molecule has 3 aliphatic carbocycles. The lowest BCUT2D eigenvalue weighted by atomic mass is 9.87.